The van der Waals surface area contributed by atoms with E-state index in [-0.39, 0.29) is 37.4 Å². The number of halogens is 1. The molecule has 0 aromatic heterocycles. The summed E-state index contributed by atoms with van der Waals surface area (Å²) in [6, 6.07) is 12.1. The first-order chi connectivity index (χ1) is 17.4. The molecule has 0 aliphatic carbocycles. The van der Waals surface area contributed by atoms with Gasteiger partial charge in [0, 0.05) is 30.6 Å². The molecule has 2 aromatic rings. The summed E-state index contributed by atoms with van der Waals surface area (Å²) in [5.41, 5.74) is 3.24. The van der Waals surface area contributed by atoms with Crippen molar-refractivity contribution in [2.75, 3.05) is 17.1 Å². The van der Waals surface area contributed by atoms with Crippen LogP contribution in [0.25, 0.3) is 0 Å². The summed E-state index contributed by atoms with van der Waals surface area (Å²) in [7, 11) is -3.55. The fourth-order valence-electron chi connectivity index (χ4n) is 4.16. The molecule has 0 bridgehead atoms. The van der Waals surface area contributed by atoms with Crippen LogP contribution >= 0.6 is 11.6 Å². The molecule has 0 heterocycles. The molecule has 2 atom stereocenters. The quantitative estimate of drug-likeness (QED) is 0.371. The number of carbonyl (C=O) groups excluding carboxylic acids is 2. The molecule has 0 fully saturated rings. The summed E-state index contributed by atoms with van der Waals surface area (Å²) in [6.45, 7) is 9.97. The van der Waals surface area contributed by atoms with Gasteiger partial charge in [-0.25, -0.2) is 8.42 Å². The number of sulfonamides is 1. The van der Waals surface area contributed by atoms with Gasteiger partial charge < -0.3 is 10.2 Å². The normalized spacial score (nSPS) is 13.1. The SMILES string of the molecule is CC[C@H](C(=O)N[C@@H](C)CC)N(Cc1ccccc1Cl)C(=O)CCCN(c1cccc(C)c1C)S(C)(=O)=O. The highest BCUT2D eigenvalue weighted by Crippen LogP contribution is 2.26. The Labute approximate surface area is 227 Å². The lowest BCUT2D eigenvalue weighted by atomic mass is 10.1. The van der Waals surface area contributed by atoms with Gasteiger partial charge in [0.15, 0.2) is 0 Å². The second-order valence-electron chi connectivity index (χ2n) is 9.51. The van der Waals surface area contributed by atoms with Crippen molar-refractivity contribution < 1.29 is 18.0 Å². The Balaban J connectivity index is 2.27. The lowest BCUT2D eigenvalue weighted by Gasteiger charge is -2.32. The van der Waals surface area contributed by atoms with Gasteiger partial charge in [-0.3, -0.25) is 13.9 Å². The second kappa shape index (κ2) is 13.8. The zero-order valence-electron chi connectivity index (χ0n) is 22.8. The maximum absolute atomic E-state index is 13.5. The lowest BCUT2D eigenvalue weighted by molar-refractivity contribution is -0.141. The number of nitrogens with zero attached hydrogens (tertiary/aromatic N) is 2. The third-order valence-corrected chi connectivity index (χ3v) is 8.23. The number of carbonyl (C=O) groups is 2. The van der Waals surface area contributed by atoms with Gasteiger partial charge in [-0.1, -0.05) is 55.8 Å². The van der Waals surface area contributed by atoms with Gasteiger partial charge >= 0.3 is 0 Å². The van der Waals surface area contributed by atoms with Gasteiger partial charge in [0.1, 0.15) is 6.04 Å². The van der Waals surface area contributed by atoms with Crippen molar-refractivity contribution in [3.05, 3.63) is 64.2 Å². The van der Waals surface area contributed by atoms with Gasteiger partial charge in [0.05, 0.1) is 11.9 Å². The van der Waals surface area contributed by atoms with E-state index in [1.807, 2.05) is 65.0 Å². The predicted octanol–water partition coefficient (Wildman–Crippen LogP) is 5.23. The minimum atomic E-state index is -3.55. The van der Waals surface area contributed by atoms with Crippen molar-refractivity contribution in [3.8, 4) is 0 Å². The van der Waals surface area contributed by atoms with Crippen LogP contribution < -0.4 is 9.62 Å². The van der Waals surface area contributed by atoms with Crippen LogP contribution in [0.3, 0.4) is 0 Å². The van der Waals surface area contributed by atoms with Crippen LogP contribution in [0.4, 0.5) is 5.69 Å². The van der Waals surface area contributed by atoms with Crippen LogP contribution in [0, 0.1) is 13.8 Å². The number of nitrogens with one attached hydrogen (secondary N) is 1. The Kier molecular flexibility index (Phi) is 11.4. The minimum absolute atomic E-state index is 0.0142. The molecule has 0 spiro atoms. The highest BCUT2D eigenvalue weighted by atomic mass is 35.5. The molecule has 7 nitrogen and oxygen atoms in total. The molecule has 2 amide bonds. The number of hydrogen-bond acceptors (Lipinski definition) is 4. The number of hydrogen-bond donors (Lipinski definition) is 1. The third-order valence-electron chi connectivity index (χ3n) is 6.68. The van der Waals surface area contributed by atoms with Crippen LogP contribution in [-0.2, 0) is 26.2 Å². The average molecular weight is 550 g/mol. The van der Waals surface area contributed by atoms with Gasteiger partial charge in [0.2, 0.25) is 21.8 Å². The molecule has 9 heteroatoms. The van der Waals surface area contributed by atoms with Crippen molar-refractivity contribution in [1.82, 2.24) is 10.2 Å². The molecule has 0 aliphatic rings. The first-order valence-corrected chi connectivity index (χ1v) is 15.0. The maximum atomic E-state index is 13.5. The highest BCUT2D eigenvalue weighted by molar-refractivity contribution is 7.92. The van der Waals surface area contributed by atoms with Crippen molar-refractivity contribution in [2.45, 2.75) is 78.9 Å². The number of anilines is 1. The van der Waals surface area contributed by atoms with Gasteiger partial charge in [-0.05, 0) is 68.9 Å². The summed E-state index contributed by atoms with van der Waals surface area (Å²) in [5.74, 6) is -0.425. The molecule has 1 N–H and O–H groups in total. The number of rotatable bonds is 13. The largest absolute Gasteiger partial charge is 0.352 e. The highest BCUT2D eigenvalue weighted by Gasteiger charge is 2.30. The first-order valence-electron chi connectivity index (χ1n) is 12.8. The molecule has 0 saturated heterocycles. The van der Waals surface area contributed by atoms with Crippen molar-refractivity contribution in [1.29, 1.82) is 0 Å². The van der Waals surface area contributed by atoms with E-state index >= 15 is 0 Å². The van der Waals surface area contributed by atoms with Gasteiger partial charge in [-0.15, -0.1) is 0 Å². The number of aryl methyl sites for hydroxylation is 1. The standard InChI is InChI=1S/C28H40ClN3O4S/c1-7-21(4)30-28(34)25(8-2)31(19-23-14-9-10-15-24(23)29)27(33)17-12-18-32(37(6,35)36)26-16-11-13-20(3)22(26)5/h9-11,13-16,21,25H,7-8,12,17-19H2,1-6H3,(H,30,34)/t21-,25+/m0/s1. The molecular weight excluding hydrogens is 510 g/mol. The molecule has 0 radical (unpaired) electrons. The van der Waals surface area contributed by atoms with E-state index in [1.54, 1.807) is 17.0 Å². The molecule has 0 aliphatic heterocycles. The Morgan fingerprint density at radius 1 is 1.03 bits per heavy atom. The molecule has 2 rings (SSSR count). The van der Waals surface area contributed by atoms with E-state index in [0.717, 1.165) is 23.1 Å². The maximum Gasteiger partial charge on any atom is 0.243 e. The third kappa shape index (κ3) is 8.47. The molecule has 0 saturated carbocycles. The zero-order chi connectivity index (χ0) is 27.8. The monoisotopic (exact) mass is 549 g/mol. The average Bonchev–Trinajstić information content (AvgIpc) is 2.84. The fourth-order valence-corrected chi connectivity index (χ4v) is 5.37. The van der Waals surface area contributed by atoms with E-state index in [2.05, 4.69) is 5.32 Å². The van der Waals surface area contributed by atoms with Crippen LogP contribution in [0.15, 0.2) is 42.5 Å². The summed E-state index contributed by atoms with van der Waals surface area (Å²) >= 11 is 6.39. The molecule has 2 aromatic carbocycles. The Morgan fingerprint density at radius 2 is 1.70 bits per heavy atom. The van der Waals surface area contributed by atoms with Crippen molar-refractivity contribution in [2.24, 2.45) is 0 Å². The fraction of sp³-hybridized carbons (Fsp3) is 0.500. The summed E-state index contributed by atoms with van der Waals surface area (Å²) in [5, 5.41) is 3.51. The summed E-state index contributed by atoms with van der Waals surface area (Å²) in [6.07, 6.45) is 2.79. The van der Waals surface area contributed by atoms with Crippen LogP contribution in [0.1, 0.15) is 63.1 Å². The van der Waals surface area contributed by atoms with E-state index in [0.29, 0.717) is 23.6 Å². The number of benzene rings is 2. The van der Waals surface area contributed by atoms with Crippen LogP contribution in [0.2, 0.25) is 5.02 Å². The number of amides is 2. The lowest BCUT2D eigenvalue weighted by Crippen LogP contribution is -2.50. The van der Waals surface area contributed by atoms with Gasteiger partial charge in [0.25, 0.3) is 0 Å². The summed E-state index contributed by atoms with van der Waals surface area (Å²) < 4.78 is 26.6. The minimum Gasteiger partial charge on any atom is -0.352 e. The van der Waals surface area contributed by atoms with Crippen molar-refractivity contribution in [3.63, 3.8) is 0 Å². The van der Waals surface area contributed by atoms with E-state index in [1.165, 1.54) is 10.6 Å². The van der Waals surface area contributed by atoms with Crippen molar-refractivity contribution >= 4 is 39.1 Å². The molecule has 204 valence electrons. The first kappa shape index (κ1) is 30.6. The summed E-state index contributed by atoms with van der Waals surface area (Å²) in [4.78, 5) is 28.2. The van der Waals surface area contributed by atoms with E-state index in [4.69, 9.17) is 11.6 Å². The topological polar surface area (TPSA) is 86.8 Å². The van der Waals surface area contributed by atoms with Gasteiger partial charge in [-0.2, -0.15) is 0 Å². The van der Waals surface area contributed by atoms with Crippen LogP contribution in [-0.4, -0.2) is 50.0 Å². The van der Waals surface area contributed by atoms with Crippen LogP contribution in [0.5, 0.6) is 0 Å². The predicted molar refractivity (Wildman–Crippen MR) is 151 cm³/mol. The second-order valence-corrected chi connectivity index (χ2v) is 11.8. The zero-order valence-corrected chi connectivity index (χ0v) is 24.3. The van der Waals surface area contributed by atoms with E-state index < -0.39 is 16.1 Å². The molecule has 0 unspecified atom stereocenters. The molecular formula is C28H40ClN3O4S. The van der Waals surface area contributed by atoms with E-state index in [9.17, 15) is 18.0 Å². The Hall–Kier alpha value is -2.58. The Bertz CT molecular complexity index is 1190. The smallest absolute Gasteiger partial charge is 0.243 e. The Morgan fingerprint density at radius 3 is 2.30 bits per heavy atom. The molecule has 37 heavy (non-hydrogen) atoms.